The van der Waals surface area contributed by atoms with Crippen molar-refractivity contribution in [1.29, 1.82) is 0 Å². The van der Waals surface area contributed by atoms with Crippen LogP contribution in [0.4, 0.5) is 5.69 Å². The van der Waals surface area contributed by atoms with Gasteiger partial charge in [-0.25, -0.2) is 0 Å². The van der Waals surface area contributed by atoms with Crippen LogP contribution in [0.3, 0.4) is 0 Å². The molecule has 120 valence electrons. The molecule has 1 aromatic carbocycles. The molecule has 1 aromatic heterocycles. The number of rotatable bonds is 9. The van der Waals surface area contributed by atoms with Crippen molar-refractivity contribution < 1.29 is 4.74 Å². The number of fused-ring (bicyclic) bond motifs is 1. The lowest BCUT2D eigenvalue weighted by molar-refractivity contribution is 0.285. The lowest BCUT2D eigenvalue weighted by atomic mass is 10.1. The van der Waals surface area contributed by atoms with E-state index in [4.69, 9.17) is 4.74 Å². The van der Waals surface area contributed by atoms with Crippen molar-refractivity contribution >= 4 is 16.6 Å². The van der Waals surface area contributed by atoms with Crippen molar-refractivity contribution in [3.05, 3.63) is 30.5 Å². The molecule has 0 unspecified atom stereocenters. The van der Waals surface area contributed by atoms with Crippen LogP contribution in [0.25, 0.3) is 10.9 Å². The summed E-state index contributed by atoms with van der Waals surface area (Å²) in [6.45, 7) is 8.75. The smallest absolute Gasteiger partial charge is 0.121 e. The second kappa shape index (κ2) is 8.59. The summed E-state index contributed by atoms with van der Waals surface area (Å²) in [4.78, 5) is 7.00. The summed E-state index contributed by atoms with van der Waals surface area (Å²) in [5, 5.41) is 4.63. The van der Waals surface area contributed by atoms with Crippen LogP contribution >= 0.6 is 0 Å². The number of ether oxygens (including phenoxy) is 1. The lowest BCUT2D eigenvalue weighted by Crippen LogP contribution is -2.30. The Morgan fingerprint density at radius 3 is 2.59 bits per heavy atom. The number of nitrogens with one attached hydrogen (secondary N) is 1. The van der Waals surface area contributed by atoms with Gasteiger partial charge in [0.25, 0.3) is 0 Å². The van der Waals surface area contributed by atoms with Crippen LogP contribution in [0.2, 0.25) is 0 Å². The average Bonchev–Trinajstić information content (AvgIpc) is 2.55. The van der Waals surface area contributed by atoms with Gasteiger partial charge in [0, 0.05) is 30.7 Å². The van der Waals surface area contributed by atoms with Crippen LogP contribution in [0.5, 0.6) is 5.75 Å². The Morgan fingerprint density at radius 1 is 1.14 bits per heavy atom. The number of anilines is 1. The van der Waals surface area contributed by atoms with Gasteiger partial charge in [-0.15, -0.1) is 0 Å². The van der Waals surface area contributed by atoms with Gasteiger partial charge in [-0.1, -0.05) is 19.9 Å². The summed E-state index contributed by atoms with van der Waals surface area (Å²) in [5.74, 6) is 0.863. The molecular formula is C18H27N3O. The molecule has 0 saturated carbocycles. The molecule has 0 aliphatic carbocycles. The highest BCUT2D eigenvalue weighted by Gasteiger charge is 2.07. The predicted octanol–water partition coefficient (Wildman–Crippen LogP) is 3.78. The van der Waals surface area contributed by atoms with E-state index in [1.54, 1.807) is 7.11 Å². The van der Waals surface area contributed by atoms with Crippen molar-refractivity contribution in [2.24, 2.45) is 0 Å². The first-order valence-corrected chi connectivity index (χ1v) is 8.17. The molecule has 4 heteroatoms. The SMILES string of the molecule is CCCN(CCC)CCNc1cc(OC)cc2cccnc12. The van der Waals surface area contributed by atoms with E-state index in [-0.39, 0.29) is 0 Å². The molecule has 0 bridgehead atoms. The minimum absolute atomic E-state index is 0.863. The van der Waals surface area contributed by atoms with Gasteiger partial charge < -0.3 is 15.0 Å². The third kappa shape index (κ3) is 4.34. The van der Waals surface area contributed by atoms with Crippen molar-refractivity contribution in [2.45, 2.75) is 26.7 Å². The van der Waals surface area contributed by atoms with Crippen LogP contribution in [-0.2, 0) is 0 Å². The van der Waals surface area contributed by atoms with E-state index >= 15 is 0 Å². The molecule has 0 fully saturated rings. The topological polar surface area (TPSA) is 37.4 Å². The first kappa shape index (κ1) is 16.6. The highest BCUT2D eigenvalue weighted by Crippen LogP contribution is 2.27. The van der Waals surface area contributed by atoms with Gasteiger partial charge in [-0.3, -0.25) is 4.98 Å². The molecule has 0 amide bonds. The summed E-state index contributed by atoms with van der Waals surface area (Å²) in [5.41, 5.74) is 2.05. The van der Waals surface area contributed by atoms with Crippen molar-refractivity contribution in [1.82, 2.24) is 9.88 Å². The molecule has 0 saturated heterocycles. The first-order valence-electron chi connectivity index (χ1n) is 8.17. The van der Waals surface area contributed by atoms with E-state index in [2.05, 4.69) is 35.1 Å². The van der Waals surface area contributed by atoms with Crippen LogP contribution in [0.15, 0.2) is 30.5 Å². The number of pyridine rings is 1. The highest BCUT2D eigenvalue weighted by molar-refractivity contribution is 5.91. The van der Waals surface area contributed by atoms with Gasteiger partial charge >= 0.3 is 0 Å². The zero-order chi connectivity index (χ0) is 15.8. The lowest BCUT2D eigenvalue weighted by Gasteiger charge is -2.21. The number of aromatic nitrogens is 1. The molecule has 1 heterocycles. The quantitative estimate of drug-likeness (QED) is 0.765. The van der Waals surface area contributed by atoms with Crippen LogP contribution in [0, 0.1) is 0 Å². The Balaban J connectivity index is 2.07. The molecule has 0 spiro atoms. The van der Waals surface area contributed by atoms with E-state index in [1.807, 2.05) is 24.4 Å². The third-order valence-electron chi connectivity index (χ3n) is 3.74. The fourth-order valence-corrected chi connectivity index (χ4v) is 2.73. The minimum Gasteiger partial charge on any atom is -0.497 e. The Bertz CT molecular complexity index is 580. The summed E-state index contributed by atoms with van der Waals surface area (Å²) < 4.78 is 5.39. The van der Waals surface area contributed by atoms with Gasteiger partial charge in [0.15, 0.2) is 0 Å². The number of nitrogens with zero attached hydrogens (tertiary/aromatic N) is 2. The van der Waals surface area contributed by atoms with E-state index in [9.17, 15) is 0 Å². The standard InChI is InChI=1S/C18H27N3O/c1-4-10-21(11-5-2)12-9-19-17-14-16(22-3)13-15-7-6-8-20-18(15)17/h6-8,13-14,19H,4-5,9-12H2,1-3H3. The van der Waals surface area contributed by atoms with Gasteiger partial charge in [0.1, 0.15) is 5.75 Å². The molecular weight excluding hydrogens is 274 g/mol. The summed E-state index contributed by atoms with van der Waals surface area (Å²) in [6.07, 6.45) is 4.23. The Labute approximate surface area is 133 Å². The maximum absolute atomic E-state index is 5.39. The van der Waals surface area contributed by atoms with Crippen LogP contribution in [-0.4, -0.2) is 43.2 Å². The van der Waals surface area contributed by atoms with E-state index < -0.39 is 0 Å². The molecule has 0 aliphatic heterocycles. The normalized spacial score (nSPS) is 11.1. The van der Waals surface area contributed by atoms with E-state index in [1.165, 1.54) is 12.8 Å². The molecule has 4 nitrogen and oxygen atoms in total. The number of methoxy groups -OCH3 is 1. The van der Waals surface area contributed by atoms with Gasteiger partial charge in [-0.05, 0) is 38.1 Å². The minimum atomic E-state index is 0.863. The fraction of sp³-hybridized carbons (Fsp3) is 0.500. The van der Waals surface area contributed by atoms with Crippen molar-refractivity contribution in [2.75, 3.05) is 38.6 Å². The largest absolute Gasteiger partial charge is 0.497 e. The Morgan fingerprint density at radius 2 is 1.91 bits per heavy atom. The second-order valence-corrected chi connectivity index (χ2v) is 5.52. The molecule has 2 aromatic rings. The van der Waals surface area contributed by atoms with Crippen molar-refractivity contribution in [3.8, 4) is 5.75 Å². The Kier molecular flexibility index (Phi) is 6.46. The molecule has 0 radical (unpaired) electrons. The van der Waals surface area contributed by atoms with Crippen LogP contribution < -0.4 is 10.1 Å². The predicted molar refractivity (Wildman–Crippen MR) is 93.8 cm³/mol. The van der Waals surface area contributed by atoms with Gasteiger partial charge in [0.05, 0.1) is 18.3 Å². The van der Waals surface area contributed by atoms with Gasteiger partial charge in [0.2, 0.25) is 0 Å². The number of benzene rings is 1. The average molecular weight is 301 g/mol. The fourth-order valence-electron chi connectivity index (χ4n) is 2.73. The molecule has 1 N–H and O–H groups in total. The maximum Gasteiger partial charge on any atom is 0.121 e. The summed E-state index contributed by atoms with van der Waals surface area (Å²) in [7, 11) is 1.70. The monoisotopic (exact) mass is 301 g/mol. The second-order valence-electron chi connectivity index (χ2n) is 5.52. The molecule has 0 aliphatic rings. The van der Waals surface area contributed by atoms with Gasteiger partial charge in [-0.2, -0.15) is 0 Å². The van der Waals surface area contributed by atoms with Crippen molar-refractivity contribution in [3.63, 3.8) is 0 Å². The molecule has 2 rings (SSSR count). The summed E-state index contributed by atoms with van der Waals surface area (Å²) >= 11 is 0. The maximum atomic E-state index is 5.39. The van der Waals surface area contributed by atoms with E-state index in [0.717, 1.165) is 48.5 Å². The number of hydrogen-bond donors (Lipinski definition) is 1. The summed E-state index contributed by atoms with van der Waals surface area (Å²) in [6, 6.07) is 8.07. The third-order valence-corrected chi connectivity index (χ3v) is 3.74. The zero-order valence-electron chi connectivity index (χ0n) is 13.9. The molecule has 0 atom stereocenters. The molecule has 22 heavy (non-hydrogen) atoms. The number of hydrogen-bond acceptors (Lipinski definition) is 4. The van der Waals surface area contributed by atoms with E-state index in [0.29, 0.717) is 0 Å². The van der Waals surface area contributed by atoms with Crippen LogP contribution in [0.1, 0.15) is 26.7 Å². The Hall–Kier alpha value is -1.81. The zero-order valence-corrected chi connectivity index (χ0v) is 13.9. The first-order chi connectivity index (χ1) is 10.8. The highest BCUT2D eigenvalue weighted by atomic mass is 16.5.